The SMILES string of the molecule is COCC(C)(C(=O)O)c1ccc(F)cc1. The van der Waals surface area contributed by atoms with Gasteiger partial charge in [0.05, 0.1) is 6.61 Å². The van der Waals surface area contributed by atoms with Crippen molar-refractivity contribution in [2.24, 2.45) is 0 Å². The summed E-state index contributed by atoms with van der Waals surface area (Å²) in [5, 5.41) is 9.11. The smallest absolute Gasteiger partial charge is 0.316 e. The van der Waals surface area contributed by atoms with Crippen molar-refractivity contribution in [3.05, 3.63) is 35.6 Å². The third kappa shape index (κ3) is 2.33. The summed E-state index contributed by atoms with van der Waals surface area (Å²) in [7, 11) is 1.44. The van der Waals surface area contributed by atoms with E-state index in [1.165, 1.54) is 31.4 Å². The first kappa shape index (κ1) is 11.7. The van der Waals surface area contributed by atoms with Crippen molar-refractivity contribution in [1.29, 1.82) is 0 Å². The van der Waals surface area contributed by atoms with Crippen LogP contribution in [-0.4, -0.2) is 24.8 Å². The minimum atomic E-state index is -1.14. The molecule has 0 heterocycles. The quantitative estimate of drug-likeness (QED) is 0.828. The molecule has 15 heavy (non-hydrogen) atoms. The molecular weight excluding hydrogens is 199 g/mol. The van der Waals surface area contributed by atoms with Crippen LogP contribution in [-0.2, 0) is 14.9 Å². The van der Waals surface area contributed by atoms with Gasteiger partial charge in [0.15, 0.2) is 0 Å². The highest BCUT2D eigenvalue weighted by Gasteiger charge is 2.35. The van der Waals surface area contributed by atoms with E-state index in [-0.39, 0.29) is 12.4 Å². The van der Waals surface area contributed by atoms with Gasteiger partial charge in [-0.25, -0.2) is 4.39 Å². The number of benzene rings is 1. The molecule has 1 rings (SSSR count). The Labute approximate surface area is 87.5 Å². The lowest BCUT2D eigenvalue weighted by atomic mass is 9.83. The van der Waals surface area contributed by atoms with Crippen LogP contribution in [0.15, 0.2) is 24.3 Å². The van der Waals surface area contributed by atoms with Crippen LogP contribution in [0.3, 0.4) is 0 Å². The Balaban J connectivity index is 3.09. The molecule has 1 unspecified atom stereocenters. The topological polar surface area (TPSA) is 46.5 Å². The third-order valence-electron chi connectivity index (χ3n) is 2.39. The second-order valence-electron chi connectivity index (χ2n) is 3.58. The Morgan fingerprint density at radius 3 is 2.40 bits per heavy atom. The van der Waals surface area contributed by atoms with Gasteiger partial charge >= 0.3 is 5.97 Å². The van der Waals surface area contributed by atoms with Crippen molar-refractivity contribution in [2.45, 2.75) is 12.3 Å². The Morgan fingerprint density at radius 1 is 1.47 bits per heavy atom. The number of halogens is 1. The molecule has 1 atom stereocenters. The fraction of sp³-hybridized carbons (Fsp3) is 0.364. The Hall–Kier alpha value is -1.42. The summed E-state index contributed by atoms with van der Waals surface area (Å²) < 4.78 is 17.6. The molecule has 0 aliphatic heterocycles. The minimum absolute atomic E-state index is 0.0496. The number of hydrogen-bond donors (Lipinski definition) is 1. The normalized spacial score (nSPS) is 14.6. The van der Waals surface area contributed by atoms with Gasteiger partial charge in [-0.15, -0.1) is 0 Å². The Morgan fingerprint density at radius 2 is 2.00 bits per heavy atom. The zero-order valence-corrected chi connectivity index (χ0v) is 8.66. The van der Waals surface area contributed by atoms with Crippen LogP contribution in [0.25, 0.3) is 0 Å². The van der Waals surface area contributed by atoms with Crippen molar-refractivity contribution in [1.82, 2.24) is 0 Å². The van der Waals surface area contributed by atoms with Gasteiger partial charge in [-0.1, -0.05) is 12.1 Å². The number of rotatable bonds is 4. The van der Waals surface area contributed by atoms with E-state index in [1.807, 2.05) is 0 Å². The molecule has 0 aliphatic carbocycles. The molecule has 0 amide bonds. The molecule has 0 spiro atoms. The van der Waals surface area contributed by atoms with Gasteiger partial charge < -0.3 is 9.84 Å². The van der Waals surface area contributed by atoms with Gasteiger partial charge in [0.1, 0.15) is 11.2 Å². The van der Waals surface area contributed by atoms with Gasteiger partial charge in [-0.05, 0) is 24.6 Å². The second kappa shape index (κ2) is 4.40. The molecule has 0 saturated carbocycles. The van der Waals surface area contributed by atoms with Crippen LogP contribution >= 0.6 is 0 Å². The van der Waals surface area contributed by atoms with E-state index in [1.54, 1.807) is 6.92 Å². The molecule has 0 saturated heterocycles. The van der Waals surface area contributed by atoms with Crippen molar-refractivity contribution >= 4 is 5.97 Å². The van der Waals surface area contributed by atoms with Crippen LogP contribution in [0.4, 0.5) is 4.39 Å². The first-order chi connectivity index (χ1) is 7.00. The maximum atomic E-state index is 12.7. The molecular formula is C11H13FO3. The maximum absolute atomic E-state index is 12.7. The summed E-state index contributed by atoms with van der Waals surface area (Å²) >= 11 is 0. The van der Waals surface area contributed by atoms with Crippen LogP contribution in [0, 0.1) is 5.82 Å². The van der Waals surface area contributed by atoms with E-state index in [4.69, 9.17) is 9.84 Å². The number of carboxylic acids is 1. The van der Waals surface area contributed by atoms with Gasteiger partial charge in [-0.3, -0.25) is 4.79 Å². The monoisotopic (exact) mass is 212 g/mol. The number of methoxy groups -OCH3 is 1. The van der Waals surface area contributed by atoms with Gasteiger partial charge in [-0.2, -0.15) is 0 Å². The third-order valence-corrected chi connectivity index (χ3v) is 2.39. The summed E-state index contributed by atoms with van der Waals surface area (Å²) in [5.41, 5.74) is -0.610. The van der Waals surface area contributed by atoms with E-state index < -0.39 is 11.4 Å². The van der Waals surface area contributed by atoms with Crippen molar-refractivity contribution in [3.8, 4) is 0 Å². The second-order valence-corrected chi connectivity index (χ2v) is 3.58. The fourth-order valence-electron chi connectivity index (χ4n) is 1.37. The summed E-state index contributed by atoms with van der Waals surface area (Å²) in [6.07, 6.45) is 0. The highest BCUT2D eigenvalue weighted by atomic mass is 19.1. The van der Waals surface area contributed by atoms with Crippen molar-refractivity contribution < 1.29 is 19.0 Å². The summed E-state index contributed by atoms with van der Waals surface area (Å²) in [4.78, 5) is 11.1. The Bertz CT molecular complexity index is 347. The zero-order valence-electron chi connectivity index (χ0n) is 8.66. The number of hydrogen-bond acceptors (Lipinski definition) is 2. The molecule has 82 valence electrons. The van der Waals surface area contributed by atoms with Crippen molar-refractivity contribution in [3.63, 3.8) is 0 Å². The fourth-order valence-corrected chi connectivity index (χ4v) is 1.37. The molecule has 1 N–H and O–H groups in total. The molecule has 0 fully saturated rings. The number of aliphatic carboxylic acids is 1. The molecule has 0 aromatic heterocycles. The van der Waals surface area contributed by atoms with E-state index in [0.29, 0.717) is 5.56 Å². The zero-order chi connectivity index (χ0) is 11.5. The van der Waals surface area contributed by atoms with Crippen LogP contribution < -0.4 is 0 Å². The first-order valence-corrected chi connectivity index (χ1v) is 4.49. The van der Waals surface area contributed by atoms with E-state index in [9.17, 15) is 9.18 Å². The number of carbonyl (C=O) groups is 1. The average Bonchev–Trinajstić information content (AvgIpc) is 2.18. The molecule has 3 nitrogen and oxygen atoms in total. The lowest BCUT2D eigenvalue weighted by molar-refractivity contribution is -0.145. The minimum Gasteiger partial charge on any atom is -0.481 e. The van der Waals surface area contributed by atoms with Crippen LogP contribution in [0.5, 0.6) is 0 Å². The van der Waals surface area contributed by atoms with E-state index in [2.05, 4.69) is 0 Å². The largest absolute Gasteiger partial charge is 0.481 e. The standard InChI is InChI=1S/C11H13FO3/c1-11(7-15-2,10(13)14)8-3-5-9(12)6-4-8/h3-6H,7H2,1-2H3,(H,13,14). The highest BCUT2D eigenvalue weighted by Crippen LogP contribution is 2.24. The first-order valence-electron chi connectivity index (χ1n) is 4.49. The molecule has 0 radical (unpaired) electrons. The predicted molar refractivity (Wildman–Crippen MR) is 53.3 cm³/mol. The molecule has 1 aromatic rings. The van der Waals surface area contributed by atoms with Crippen molar-refractivity contribution in [2.75, 3.05) is 13.7 Å². The summed E-state index contributed by atoms with van der Waals surface area (Å²) in [6.45, 7) is 1.60. The molecule has 1 aromatic carbocycles. The summed E-state index contributed by atoms with van der Waals surface area (Å²) in [6, 6.07) is 5.41. The van der Waals surface area contributed by atoms with Crippen LogP contribution in [0.1, 0.15) is 12.5 Å². The number of carboxylic acid groups (broad SMARTS) is 1. The maximum Gasteiger partial charge on any atom is 0.316 e. The lowest BCUT2D eigenvalue weighted by Crippen LogP contribution is -2.37. The van der Waals surface area contributed by atoms with Gasteiger partial charge in [0.2, 0.25) is 0 Å². The Kier molecular flexibility index (Phi) is 3.42. The molecule has 0 bridgehead atoms. The predicted octanol–water partition coefficient (Wildman–Crippen LogP) is 1.81. The summed E-state index contributed by atoms with van der Waals surface area (Å²) in [5.74, 6) is -1.38. The van der Waals surface area contributed by atoms with Gasteiger partial charge in [0.25, 0.3) is 0 Å². The van der Waals surface area contributed by atoms with E-state index in [0.717, 1.165) is 0 Å². The lowest BCUT2D eigenvalue weighted by Gasteiger charge is -2.24. The van der Waals surface area contributed by atoms with Crippen LogP contribution in [0.2, 0.25) is 0 Å². The van der Waals surface area contributed by atoms with E-state index >= 15 is 0 Å². The number of ether oxygens (including phenoxy) is 1. The molecule has 0 aliphatic rings. The highest BCUT2D eigenvalue weighted by molar-refractivity contribution is 5.81. The van der Waals surface area contributed by atoms with Gasteiger partial charge in [0, 0.05) is 7.11 Å². The molecule has 4 heteroatoms. The average molecular weight is 212 g/mol.